The number of carbonyl (C=O) groups is 2. The standard InChI is InChI=1S/C10H16O6/c1-4-7-15-16-8(10(12)14-3)5-6-9(11)13-2/h4,8H,1,5-7H2,2-3H3. The highest BCUT2D eigenvalue weighted by Gasteiger charge is 2.22. The lowest BCUT2D eigenvalue weighted by molar-refractivity contribution is -0.314. The summed E-state index contributed by atoms with van der Waals surface area (Å²) in [5.41, 5.74) is 0. The third-order valence-electron chi connectivity index (χ3n) is 1.67. The summed E-state index contributed by atoms with van der Waals surface area (Å²) in [4.78, 5) is 31.5. The van der Waals surface area contributed by atoms with Gasteiger partial charge in [-0.05, 0) is 6.42 Å². The van der Waals surface area contributed by atoms with E-state index < -0.39 is 18.0 Å². The zero-order valence-electron chi connectivity index (χ0n) is 9.43. The smallest absolute Gasteiger partial charge is 0.338 e. The molecule has 92 valence electrons. The van der Waals surface area contributed by atoms with Crippen molar-refractivity contribution in [2.45, 2.75) is 18.9 Å². The fourth-order valence-electron chi connectivity index (χ4n) is 0.857. The molecular weight excluding hydrogens is 216 g/mol. The lowest BCUT2D eigenvalue weighted by atomic mass is 10.2. The zero-order chi connectivity index (χ0) is 12.4. The monoisotopic (exact) mass is 232 g/mol. The van der Waals surface area contributed by atoms with Gasteiger partial charge in [0, 0.05) is 6.42 Å². The van der Waals surface area contributed by atoms with Crippen molar-refractivity contribution in [2.24, 2.45) is 0 Å². The minimum Gasteiger partial charge on any atom is -0.469 e. The van der Waals surface area contributed by atoms with Crippen LogP contribution in [0.5, 0.6) is 0 Å². The van der Waals surface area contributed by atoms with Crippen LogP contribution in [0.2, 0.25) is 0 Å². The maximum absolute atomic E-state index is 11.2. The van der Waals surface area contributed by atoms with E-state index in [0.717, 1.165) is 0 Å². The average molecular weight is 232 g/mol. The number of ether oxygens (including phenoxy) is 2. The van der Waals surface area contributed by atoms with Crippen LogP contribution in [0.4, 0.5) is 0 Å². The second kappa shape index (κ2) is 8.87. The zero-order valence-corrected chi connectivity index (χ0v) is 9.43. The molecule has 6 nitrogen and oxygen atoms in total. The van der Waals surface area contributed by atoms with Gasteiger partial charge >= 0.3 is 11.9 Å². The number of carbonyl (C=O) groups excluding carboxylic acids is 2. The van der Waals surface area contributed by atoms with Crippen molar-refractivity contribution in [1.29, 1.82) is 0 Å². The normalized spacial score (nSPS) is 11.6. The number of rotatable bonds is 8. The Balaban J connectivity index is 4.04. The van der Waals surface area contributed by atoms with Gasteiger partial charge in [-0.3, -0.25) is 4.79 Å². The summed E-state index contributed by atoms with van der Waals surface area (Å²) >= 11 is 0. The van der Waals surface area contributed by atoms with E-state index in [1.54, 1.807) is 0 Å². The van der Waals surface area contributed by atoms with Crippen LogP contribution in [0.25, 0.3) is 0 Å². The summed E-state index contributed by atoms with van der Waals surface area (Å²) in [6, 6.07) is 0. The van der Waals surface area contributed by atoms with E-state index in [2.05, 4.69) is 20.9 Å². The lowest BCUT2D eigenvalue weighted by Crippen LogP contribution is -2.27. The van der Waals surface area contributed by atoms with E-state index in [1.165, 1.54) is 20.3 Å². The van der Waals surface area contributed by atoms with Crippen LogP contribution in [0.15, 0.2) is 12.7 Å². The third-order valence-corrected chi connectivity index (χ3v) is 1.67. The van der Waals surface area contributed by atoms with E-state index in [-0.39, 0.29) is 19.4 Å². The molecule has 0 aromatic rings. The molecule has 0 aromatic carbocycles. The molecule has 6 heteroatoms. The molecule has 0 bridgehead atoms. The molecule has 0 saturated carbocycles. The summed E-state index contributed by atoms with van der Waals surface area (Å²) in [6.07, 6.45) is 0.711. The quantitative estimate of drug-likeness (QED) is 0.201. The largest absolute Gasteiger partial charge is 0.469 e. The van der Waals surface area contributed by atoms with E-state index in [4.69, 9.17) is 4.89 Å². The highest BCUT2D eigenvalue weighted by Crippen LogP contribution is 2.06. The molecule has 0 fully saturated rings. The van der Waals surface area contributed by atoms with Crippen molar-refractivity contribution in [1.82, 2.24) is 0 Å². The number of hydrogen-bond donors (Lipinski definition) is 0. The van der Waals surface area contributed by atoms with Crippen molar-refractivity contribution in [2.75, 3.05) is 20.8 Å². The minimum absolute atomic E-state index is 0.0493. The predicted octanol–water partition coefficient (Wildman–Crippen LogP) is 0.615. The second-order valence-corrected chi connectivity index (χ2v) is 2.80. The van der Waals surface area contributed by atoms with E-state index in [0.29, 0.717) is 0 Å². The fraction of sp³-hybridized carbons (Fsp3) is 0.600. The maximum Gasteiger partial charge on any atom is 0.338 e. The number of methoxy groups -OCH3 is 2. The molecule has 0 N–H and O–H groups in total. The first-order chi connectivity index (χ1) is 7.65. The number of hydrogen-bond acceptors (Lipinski definition) is 6. The van der Waals surface area contributed by atoms with Crippen LogP contribution >= 0.6 is 0 Å². The van der Waals surface area contributed by atoms with Crippen molar-refractivity contribution in [3.05, 3.63) is 12.7 Å². The first-order valence-corrected chi connectivity index (χ1v) is 4.69. The summed E-state index contributed by atoms with van der Waals surface area (Å²) < 4.78 is 8.92. The molecule has 0 aliphatic carbocycles. The van der Waals surface area contributed by atoms with Crippen LogP contribution < -0.4 is 0 Å². The molecular formula is C10H16O6. The molecule has 0 aliphatic rings. The van der Waals surface area contributed by atoms with Crippen LogP contribution in [0.3, 0.4) is 0 Å². The Morgan fingerprint density at radius 2 is 2.00 bits per heavy atom. The van der Waals surface area contributed by atoms with Gasteiger partial charge in [-0.1, -0.05) is 6.08 Å². The van der Waals surface area contributed by atoms with Gasteiger partial charge in [-0.15, -0.1) is 6.58 Å². The molecule has 1 unspecified atom stereocenters. The minimum atomic E-state index is -0.941. The molecule has 0 saturated heterocycles. The Kier molecular flexibility index (Phi) is 8.10. The highest BCUT2D eigenvalue weighted by molar-refractivity contribution is 5.76. The Labute approximate surface area is 94.0 Å². The van der Waals surface area contributed by atoms with Crippen LogP contribution in [0.1, 0.15) is 12.8 Å². The first kappa shape index (κ1) is 14.6. The molecule has 0 aliphatic heterocycles. The van der Waals surface area contributed by atoms with Crippen molar-refractivity contribution in [3.8, 4) is 0 Å². The Morgan fingerprint density at radius 3 is 2.50 bits per heavy atom. The van der Waals surface area contributed by atoms with Gasteiger partial charge in [-0.2, -0.15) is 0 Å². The number of esters is 2. The van der Waals surface area contributed by atoms with Gasteiger partial charge in [0.1, 0.15) is 6.61 Å². The van der Waals surface area contributed by atoms with Crippen LogP contribution in [-0.2, 0) is 28.8 Å². The SMILES string of the molecule is C=CCOOC(CCC(=O)OC)C(=O)OC. The molecule has 0 rings (SSSR count). The Morgan fingerprint density at radius 1 is 1.31 bits per heavy atom. The summed E-state index contributed by atoms with van der Waals surface area (Å²) in [6.45, 7) is 3.56. The van der Waals surface area contributed by atoms with Crippen molar-refractivity contribution in [3.63, 3.8) is 0 Å². The molecule has 16 heavy (non-hydrogen) atoms. The van der Waals surface area contributed by atoms with Gasteiger partial charge in [0.2, 0.25) is 0 Å². The molecule has 1 atom stereocenters. The van der Waals surface area contributed by atoms with Crippen molar-refractivity contribution < 1.29 is 28.8 Å². The first-order valence-electron chi connectivity index (χ1n) is 4.69. The van der Waals surface area contributed by atoms with Crippen molar-refractivity contribution >= 4 is 11.9 Å². The second-order valence-electron chi connectivity index (χ2n) is 2.80. The lowest BCUT2D eigenvalue weighted by Gasteiger charge is -2.12. The van der Waals surface area contributed by atoms with Gasteiger partial charge in [0.05, 0.1) is 14.2 Å². The van der Waals surface area contributed by atoms with E-state index >= 15 is 0 Å². The van der Waals surface area contributed by atoms with Crippen LogP contribution in [-0.4, -0.2) is 38.9 Å². The Bertz CT molecular complexity index is 237. The fourth-order valence-corrected chi connectivity index (χ4v) is 0.857. The summed E-state index contributed by atoms with van der Waals surface area (Å²) in [5, 5.41) is 0. The molecule has 0 heterocycles. The predicted molar refractivity (Wildman–Crippen MR) is 54.3 cm³/mol. The summed E-state index contributed by atoms with van der Waals surface area (Å²) in [7, 11) is 2.49. The van der Waals surface area contributed by atoms with E-state index in [1.807, 2.05) is 0 Å². The van der Waals surface area contributed by atoms with E-state index in [9.17, 15) is 9.59 Å². The van der Waals surface area contributed by atoms with Gasteiger partial charge in [0.15, 0.2) is 6.10 Å². The molecule has 0 amide bonds. The maximum atomic E-state index is 11.2. The van der Waals surface area contributed by atoms with Gasteiger partial charge < -0.3 is 9.47 Å². The topological polar surface area (TPSA) is 71.1 Å². The van der Waals surface area contributed by atoms with Gasteiger partial charge in [-0.25, -0.2) is 14.6 Å². The average Bonchev–Trinajstić information content (AvgIpc) is 2.32. The molecule has 0 spiro atoms. The van der Waals surface area contributed by atoms with Gasteiger partial charge in [0.25, 0.3) is 0 Å². The highest BCUT2D eigenvalue weighted by atomic mass is 17.2. The Hall–Kier alpha value is -1.40. The third kappa shape index (κ3) is 6.15. The summed E-state index contributed by atoms with van der Waals surface area (Å²) in [5.74, 6) is -1.03. The van der Waals surface area contributed by atoms with Crippen LogP contribution in [0, 0.1) is 0 Å². The molecule has 0 radical (unpaired) electrons. The molecule has 0 aromatic heterocycles.